The molecule has 0 aliphatic heterocycles. The Hall–Kier alpha value is -3.01. The van der Waals surface area contributed by atoms with E-state index in [0.717, 1.165) is 35.8 Å². The van der Waals surface area contributed by atoms with Crippen LogP contribution in [0.25, 0.3) is 11.0 Å². The van der Waals surface area contributed by atoms with Crippen molar-refractivity contribution in [2.24, 2.45) is 0 Å². The van der Waals surface area contributed by atoms with E-state index in [0.29, 0.717) is 23.5 Å². The average Bonchev–Trinajstić information content (AvgIpc) is 3.26. The van der Waals surface area contributed by atoms with Crippen molar-refractivity contribution in [1.82, 2.24) is 10.6 Å². The molecule has 1 heterocycles. The van der Waals surface area contributed by atoms with E-state index in [-0.39, 0.29) is 25.2 Å². The summed E-state index contributed by atoms with van der Waals surface area (Å²) in [6, 6.07) is 4.21. The number of thioether (sulfide) groups is 1. The topological polar surface area (TPSA) is 135 Å². The molecule has 0 spiro atoms. The molecule has 0 fully saturated rings. The van der Waals surface area contributed by atoms with Gasteiger partial charge in [-0.15, -0.1) is 0 Å². The van der Waals surface area contributed by atoms with Crippen LogP contribution in [0, 0.1) is 0 Å². The van der Waals surface area contributed by atoms with Crippen molar-refractivity contribution in [2.75, 3.05) is 25.2 Å². The molecule has 2 aromatic rings. The minimum Gasteiger partial charge on any atom is -0.484 e. The zero-order chi connectivity index (χ0) is 23.1. The number of carbonyl (C=O) groups is 3. The van der Waals surface area contributed by atoms with Crippen molar-refractivity contribution in [3.05, 3.63) is 39.7 Å². The second-order valence-electron chi connectivity index (χ2n) is 7.49. The summed E-state index contributed by atoms with van der Waals surface area (Å²) in [5.74, 6) is -0.945. The number of nitrogens with one attached hydrogen (secondary N) is 2. The molecule has 0 radical (unpaired) electrons. The van der Waals surface area contributed by atoms with Crippen LogP contribution in [0.1, 0.15) is 30.4 Å². The lowest BCUT2D eigenvalue weighted by atomic mass is 10.1. The smallest absolute Gasteiger partial charge is 0.339 e. The third kappa shape index (κ3) is 6.03. The highest BCUT2D eigenvalue weighted by molar-refractivity contribution is 7.98. The Bertz CT molecular complexity index is 1070. The molecule has 32 heavy (non-hydrogen) atoms. The third-order valence-electron chi connectivity index (χ3n) is 5.23. The van der Waals surface area contributed by atoms with Crippen LogP contribution in [0.4, 0.5) is 0 Å². The summed E-state index contributed by atoms with van der Waals surface area (Å²) >= 11 is 1.50. The van der Waals surface area contributed by atoms with Gasteiger partial charge in [0, 0.05) is 30.0 Å². The second-order valence-corrected chi connectivity index (χ2v) is 8.47. The van der Waals surface area contributed by atoms with Gasteiger partial charge in [0.15, 0.2) is 6.61 Å². The highest BCUT2D eigenvalue weighted by Gasteiger charge is 2.20. The summed E-state index contributed by atoms with van der Waals surface area (Å²) in [5, 5.41) is 15.0. The Balaban J connectivity index is 1.45. The molecule has 0 saturated carbocycles. The van der Waals surface area contributed by atoms with E-state index in [1.807, 2.05) is 12.3 Å². The minimum atomic E-state index is -1.08. The fraction of sp³-hybridized carbons (Fsp3) is 0.455. The van der Waals surface area contributed by atoms with E-state index >= 15 is 0 Å². The van der Waals surface area contributed by atoms with Gasteiger partial charge >= 0.3 is 11.6 Å². The number of rotatable bonds is 11. The molecule has 2 amide bonds. The van der Waals surface area contributed by atoms with Gasteiger partial charge in [-0.3, -0.25) is 9.59 Å². The van der Waals surface area contributed by atoms with E-state index in [1.165, 1.54) is 11.8 Å². The standard InChI is InChI=1S/C22H26N2O7S/c1-32-10-8-17(21(27)28)24-19(25)7-9-23-20(26)12-30-13-5-6-15-14-3-2-4-16(14)22(29)31-18(15)11-13/h5-6,11,17H,2-4,7-10,12H2,1H3,(H,23,26)(H,24,25)(H,27,28). The molecule has 3 rings (SSSR count). The molecule has 3 N–H and O–H groups in total. The van der Waals surface area contributed by atoms with Crippen molar-refractivity contribution >= 4 is 40.5 Å². The van der Waals surface area contributed by atoms with Gasteiger partial charge < -0.3 is 24.9 Å². The first-order chi connectivity index (χ1) is 15.4. The molecule has 9 nitrogen and oxygen atoms in total. The summed E-state index contributed by atoms with van der Waals surface area (Å²) in [5.41, 5.74) is 1.88. The fourth-order valence-electron chi connectivity index (χ4n) is 3.63. The Labute approximate surface area is 188 Å². The van der Waals surface area contributed by atoms with E-state index < -0.39 is 23.8 Å². The number of amides is 2. The Kier molecular flexibility index (Phi) is 8.15. The molecule has 0 saturated heterocycles. The Morgan fingerprint density at radius 1 is 1.22 bits per heavy atom. The predicted molar refractivity (Wildman–Crippen MR) is 120 cm³/mol. The van der Waals surface area contributed by atoms with Crippen LogP contribution in [-0.2, 0) is 27.2 Å². The summed E-state index contributed by atoms with van der Waals surface area (Å²) in [6.07, 6.45) is 4.66. The van der Waals surface area contributed by atoms with Crippen LogP contribution in [0.5, 0.6) is 5.75 Å². The quantitative estimate of drug-likeness (QED) is 0.428. The number of aliphatic carboxylic acids is 1. The van der Waals surface area contributed by atoms with Crippen molar-refractivity contribution < 1.29 is 28.6 Å². The molecule has 1 aliphatic carbocycles. The number of hydrogen-bond acceptors (Lipinski definition) is 7. The number of carbonyl (C=O) groups excluding carboxylic acids is 2. The van der Waals surface area contributed by atoms with Crippen molar-refractivity contribution in [3.8, 4) is 5.75 Å². The second kappa shape index (κ2) is 11.0. The van der Waals surface area contributed by atoms with Gasteiger partial charge in [-0.05, 0) is 55.4 Å². The number of carboxylic acids is 1. The first kappa shape index (κ1) is 23.6. The number of fused-ring (bicyclic) bond motifs is 3. The average molecular weight is 463 g/mol. The lowest BCUT2D eigenvalue weighted by Gasteiger charge is -2.14. The maximum Gasteiger partial charge on any atom is 0.339 e. The third-order valence-corrected chi connectivity index (χ3v) is 5.88. The van der Waals surface area contributed by atoms with Crippen molar-refractivity contribution in [3.63, 3.8) is 0 Å². The molecule has 1 aromatic heterocycles. The number of aryl methyl sites for hydroxylation is 1. The maximum absolute atomic E-state index is 12.1. The molecular formula is C22H26N2O7S. The highest BCUT2D eigenvalue weighted by Crippen LogP contribution is 2.29. The zero-order valence-corrected chi connectivity index (χ0v) is 18.6. The SMILES string of the molecule is CSCCC(NC(=O)CCNC(=O)COc1ccc2c3c(c(=O)oc2c1)CCC3)C(=O)O. The molecule has 1 aromatic carbocycles. The first-order valence-corrected chi connectivity index (χ1v) is 11.8. The molecule has 0 bridgehead atoms. The molecule has 1 aliphatic rings. The predicted octanol–water partition coefficient (Wildman–Crippen LogP) is 1.49. The van der Waals surface area contributed by atoms with Gasteiger partial charge in [-0.2, -0.15) is 11.8 Å². The number of benzene rings is 1. The van der Waals surface area contributed by atoms with Gasteiger partial charge in [0.1, 0.15) is 17.4 Å². The fourth-order valence-corrected chi connectivity index (χ4v) is 4.10. The lowest BCUT2D eigenvalue weighted by molar-refractivity contribution is -0.141. The lowest BCUT2D eigenvalue weighted by Crippen LogP contribution is -2.42. The summed E-state index contributed by atoms with van der Waals surface area (Å²) in [4.78, 5) is 47.2. The van der Waals surface area contributed by atoms with Gasteiger partial charge in [0.25, 0.3) is 5.91 Å². The van der Waals surface area contributed by atoms with Gasteiger partial charge in [-0.1, -0.05) is 0 Å². The number of ether oxygens (including phenoxy) is 1. The number of hydrogen-bond donors (Lipinski definition) is 3. The maximum atomic E-state index is 12.1. The Morgan fingerprint density at radius 3 is 2.75 bits per heavy atom. The normalized spacial score (nSPS) is 13.4. The number of carboxylic acid groups (broad SMARTS) is 1. The highest BCUT2D eigenvalue weighted by atomic mass is 32.2. The summed E-state index contributed by atoms with van der Waals surface area (Å²) in [6.45, 7) is -0.213. The van der Waals surface area contributed by atoms with Gasteiger partial charge in [-0.25, -0.2) is 9.59 Å². The Morgan fingerprint density at radius 2 is 2.00 bits per heavy atom. The van der Waals surface area contributed by atoms with Crippen molar-refractivity contribution in [1.29, 1.82) is 0 Å². The minimum absolute atomic E-state index is 0.0406. The van der Waals surface area contributed by atoms with E-state index in [1.54, 1.807) is 12.1 Å². The molecule has 1 atom stereocenters. The largest absolute Gasteiger partial charge is 0.484 e. The monoisotopic (exact) mass is 462 g/mol. The van der Waals surface area contributed by atoms with E-state index in [2.05, 4.69) is 10.6 Å². The molecule has 172 valence electrons. The van der Waals surface area contributed by atoms with Crippen LogP contribution >= 0.6 is 11.8 Å². The molecule has 1 unspecified atom stereocenters. The van der Waals surface area contributed by atoms with Crippen LogP contribution in [0.15, 0.2) is 27.4 Å². The van der Waals surface area contributed by atoms with Gasteiger partial charge in [0.2, 0.25) is 5.91 Å². The van der Waals surface area contributed by atoms with Gasteiger partial charge in [0.05, 0.1) is 0 Å². The van der Waals surface area contributed by atoms with Crippen LogP contribution in [0.3, 0.4) is 0 Å². The molecular weight excluding hydrogens is 436 g/mol. The summed E-state index contributed by atoms with van der Waals surface area (Å²) < 4.78 is 10.9. The van der Waals surface area contributed by atoms with Crippen LogP contribution in [0.2, 0.25) is 0 Å². The van der Waals surface area contributed by atoms with Crippen LogP contribution < -0.4 is 21.0 Å². The van der Waals surface area contributed by atoms with E-state index in [4.69, 9.17) is 14.3 Å². The van der Waals surface area contributed by atoms with E-state index in [9.17, 15) is 19.2 Å². The first-order valence-electron chi connectivity index (χ1n) is 10.4. The van der Waals surface area contributed by atoms with Crippen LogP contribution in [-0.4, -0.2) is 54.1 Å². The zero-order valence-electron chi connectivity index (χ0n) is 17.8. The summed E-state index contributed by atoms with van der Waals surface area (Å²) in [7, 11) is 0. The molecule has 10 heteroatoms. The van der Waals surface area contributed by atoms with Crippen molar-refractivity contribution in [2.45, 2.75) is 38.1 Å².